The first-order valence-electron chi connectivity index (χ1n) is 5.32. The Kier molecular flexibility index (Phi) is 3.12. The molecule has 2 heterocycles. The van der Waals surface area contributed by atoms with Crippen molar-refractivity contribution in [1.29, 1.82) is 0 Å². The van der Waals surface area contributed by atoms with Gasteiger partial charge < -0.3 is 4.74 Å². The van der Waals surface area contributed by atoms with Crippen molar-refractivity contribution >= 4 is 15.9 Å². The summed E-state index contributed by atoms with van der Waals surface area (Å²) in [4.78, 5) is 4.16. The smallest absolute Gasteiger partial charge is 0.106 e. The molecule has 1 aliphatic rings. The van der Waals surface area contributed by atoms with Crippen LogP contribution in [-0.4, -0.2) is 17.2 Å². The van der Waals surface area contributed by atoms with Gasteiger partial charge in [0.2, 0.25) is 0 Å². The molecule has 1 aromatic rings. The molecule has 82 valence electrons. The Morgan fingerprint density at radius 3 is 3.00 bits per heavy atom. The van der Waals surface area contributed by atoms with E-state index in [4.69, 9.17) is 4.74 Å². The van der Waals surface area contributed by atoms with Crippen molar-refractivity contribution in [3.8, 4) is 0 Å². The number of hydrogen-bond donors (Lipinski definition) is 0. The van der Waals surface area contributed by atoms with Crippen LogP contribution in [0.15, 0.2) is 22.9 Å². The van der Waals surface area contributed by atoms with Gasteiger partial charge in [-0.3, -0.25) is 0 Å². The zero-order chi connectivity index (χ0) is 10.9. The Labute approximate surface area is 99.2 Å². The fourth-order valence-corrected chi connectivity index (χ4v) is 2.57. The molecule has 0 saturated carbocycles. The predicted octanol–water partition coefficient (Wildman–Crippen LogP) is 3.52. The summed E-state index contributed by atoms with van der Waals surface area (Å²) < 4.78 is 6.64. The summed E-state index contributed by atoms with van der Waals surface area (Å²) in [6.07, 6.45) is 4.06. The minimum Gasteiger partial charge on any atom is -0.376 e. The number of rotatable bonds is 1. The summed E-state index contributed by atoms with van der Waals surface area (Å²) >= 11 is 3.41. The highest BCUT2D eigenvalue weighted by Gasteiger charge is 2.29. The molecule has 3 heteroatoms. The van der Waals surface area contributed by atoms with Crippen LogP contribution in [0.25, 0.3) is 0 Å². The van der Waals surface area contributed by atoms with Crippen LogP contribution >= 0.6 is 15.9 Å². The van der Waals surface area contributed by atoms with E-state index < -0.39 is 0 Å². The van der Waals surface area contributed by atoms with Crippen LogP contribution < -0.4 is 0 Å². The average Bonchev–Trinajstić information content (AvgIpc) is 2.16. The second kappa shape index (κ2) is 4.22. The van der Waals surface area contributed by atoms with E-state index in [0.29, 0.717) is 5.92 Å². The van der Waals surface area contributed by atoms with Gasteiger partial charge in [0.05, 0.1) is 5.60 Å². The van der Waals surface area contributed by atoms with Crippen LogP contribution in [0.4, 0.5) is 0 Å². The van der Waals surface area contributed by atoms with Gasteiger partial charge in [-0.25, -0.2) is 4.98 Å². The number of pyridine rings is 1. The molecular formula is C12H16BrNO. The number of hydrogen-bond acceptors (Lipinski definition) is 2. The monoisotopic (exact) mass is 269 g/mol. The van der Waals surface area contributed by atoms with E-state index in [1.54, 1.807) is 0 Å². The first kappa shape index (κ1) is 11.1. The molecule has 1 atom stereocenters. The maximum Gasteiger partial charge on any atom is 0.106 e. The van der Waals surface area contributed by atoms with Gasteiger partial charge in [0, 0.05) is 12.8 Å². The standard InChI is InChI=1S/C12H16BrNO/c1-12(2)8-10(4-6-15-12)9-3-5-14-11(13)7-9/h3,5,7,10H,4,6,8H2,1-2H3/t10-/m0/s1. The van der Waals surface area contributed by atoms with Gasteiger partial charge in [0.1, 0.15) is 4.60 Å². The zero-order valence-corrected chi connectivity index (χ0v) is 10.8. The first-order chi connectivity index (χ1) is 7.07. The molecule has 0 aromatic carbocycles. The third-order valence-corrected chi connectivity index (χ3v) is 3.35. The molecule has 0 spiro atoms. The SMILES string of the molecule is CC1(C)C[C@@H](c2ccnc(Br)c2)CCO1. The van der Waals surface area contributed by atoms with Crippen LogP contribution in [0.1, 0.15) is 38.2 Å². The molecule has 2 rings (SSSR count). The van der Waals surface area contributed by atoms with Crippen LogP contribution in [0.5, 0.6) is 0 Å². The molecule has 15 heavy (non-hydrogen) atoms. The Balaban J connectivity index is 2.17. The van der Waals surface area contributed by atoms with Crippen molar-refractivity contribution in [2.45, 2.75) is 38.2 Å². The fourth-order valence-electron chi connectivity index (χ4n) is 2.19. The molecule has 0 N–H and O–H groups in total. The zero-order valence-electron chi connectivity index (χ0n) is 9.16. The van der Waals surface area contributed by atoms with Crippen molar-refractivity contribution in [3.05, 3.63) is 28.5 Å². The first-order valence-corrected chi connectivity index (χ1v) is 6.11. The topological polar surface area (TPSA) is 22.1 Å². The van der Waals surface area contributed by atoms with E-state index in [1.165, 1.54) is 5.56 Å². The van der Waals surface area contributed by atoms with Crippen LogP contribution in [-0.2, 0) is 4.74 Å². The van der Waals surface area contributed by atoms with E-state index in [0.717, 1.165) is 24.1 Å². The Bertz CT molecular complexity index is 351. The van der Waals surface area contributed by atoms with Crippen molar-refractivity contribution in [3.63, 3.8) is 0 Å². The molecule has 0 unspecified atom stereocenters. The molecule has 0 amide bonds. The molecule has 0 radical (unpaired) electrons. The van der Waals surface area contributed by atoms with E-state index in [2.05, 4.69) is 46.9 Å². The largest absolute Gasteiger partial charge is 0.376 e. The van der Waals surface area contributed by atoms with Crippen molar-refractivity contribution in [2.75, 3.05) is 6.61 Å². The second-order valence-corrected chi connectivity index (χ2v) is 5.52. The third-order valence-electron chi connectivity index (χ3n) is 2.92. The van der Waals surface area contributed by atoms with E-state index in [-0.39, 0.29) is 5.60 Å². The Hall–Kier alpha value is -0.410. The van der Waals surface area contributed by atoms with E-state index >= 15 is 0 Å². The van der Waals surface area contributed by atoms with E-state index in [9.17, 15) is 0 Å². The Morgan fingerprint density at radius 2 is 2.33 bits per heavy atom. The summed E-state index contributed by atoms with van der Waals surface area (Å²) in [5.74, 6) is 0.605. The lowest BCUT2D eigenvalue weighted by Gasteiger charge is -2.35. The lowest BCUT2D eigenvalue weighted by atomic mass is 9.84. The maximum atomic E-state index is 5.72. The summed E-state index contributed by atoms with van der Waals surface area (Å²) in [6.45, 7) is 5.18. The van der Waals surface area contributed by atoms with Gasteiger partial charge in [-0.05, 0) is 66.2 Å². The highest BCUT2D eigenvalue weighted by Crippen LogP contribution is 2.35. The van der Waals surface area contributed by atoms with Gasteiger partial charge in [0.25, 0.3) is 0 Å². The Morgan fingerprint density at radius 1 is 1.53 bits per heavy atom. The van der Waals surface area contributed by atoms with Crippen molar-refractivity contribution < 1.29 is 4.74 Å². The predicted molar refractivity (Wildman–Crippen MR) is 63.9 cm³/mol. The summed E-state index contributed by atoms with van der Waals surface area (Å²) in [5.41, 5.74) is 1.38. The number of ether oxygens (including phenoxy) is 1. The molecule has 1 saturated heterocycles. The summed E-state index contributed by atoms with van der Waals surface area (Å²) in [7, 11) is 0. The van der Waals surface area contributed by atoms with Gasteiger partial charge in [-0.2, -0.15) is 0 Å². The summed E-state index contributed by atoms with van der Waals surface area (Å²) in [5, 5.41) is 0. The number of aromatic nitrogens is 1. The van der Waals surface area contributed by atoms with Gasteiger partial charge >= 0.3 is 0 Å². The van der Waals surface area contributed by atoms with Gasteiger partial charge in [0.15, 0.2) is 0 Å². The minimum atomic E-state index is 0.0126. The highest BCUT2D eigenvalue weighted by atomic mass is 79.9. The number of halogens is 1. The molecular weight excluding hydrogens is 254 g/mol. The average molecular weight is 270 g/mol. The molecule has 0 bridgehead atoms. The third kappa shape index (κ3) is 2.79. The lowest BCUT2D eigenvalue weighted by molar-refractivity contribution is -0.0593. The second-order valence-electron chi connectivity index (χ2n) is 4.71. The fraction of sp³-hybridized carbons (Fsp3) is 0.583. The van der Waals surface area contributed by atoms with Crippen LogP contribution in [0.3, 0.4) is 0 Å². The normalized spacial score (nSPS) is 25.1. The molecule has 2 nitrogen and oxygen atoms in total. The highest BCUT2D eigenvalue weighted by molar-refractivity contribution is 9.10. The summed E-state index contributed by atoms with van der Waals surface area (Å²) in [6, 6.07) is 4.23. The quantitative estimate of drug-likeness (QED) is 0.728. The number of nitrogens with zero attached hydrogens (tertiary/aromatic N) is 1. The molecule has 0 aliphatic carbocycles. The van der Waals surface area contributed by atoms with Gasteiger partial charge in [-0.1, -0.05) is 0 Å². The van der Waals surface area contributed by atoms with Gasteiger partial charge in [-0.15, -0.1) is 0 Å². The van der Waals surface area contributed by atoms with E-state index in [1.807, 2.05) is 6.20 Å². The van der Waals surface area contributed by atoms with Crippen LogP contribution in [0, 0.1) is 0 Å². The molecule has 1 fully saturated rings. The lowest BCUT2D eigenvalue weighted by Crippen LogP contribution is -2.32. The molecule has 1 aromatic heterocycles. The maximum absolute atomic E-state index is 5.72. The van der Waals surface area contributed by atoms with Crippen molar-refractivity contribution in [2.24, 2.45) is 0 Å². The van der Waals surface area contributed by atoms with Crippen molar-refractivity contribution in [1.82, 2.24) is 4.98 Å². The minimum absolute atomic E-state index is 0.0126. The van der Waals surface area contributed by atoms with Crippen LogP contribution in [0.2, 0.25) is 0 Å². The molecule has 1 aliphatic heterocycles.